The molecule has 6 heteroatoms. The minimum Gasteiger partial charge on any atom is -0.434 e. The number of hydrogen-bond donors (Lipinski definition) is 1. The highest BCUT2D eigenvalue weighted by atomic mass is 19.2. The van der Waals surface area contributed by atoms with Gasteiger partial charge in [-0.15, -0.1) is 0 Å². The van der Waals surface area contributed by atoms with E-state index < -0.39 is 11.6 Å². The molecule has 0 amide bonds. The fourth-order valence-corrected chi connectivity index (χ4v) is 1.42. The molecular formula is C13H13F2N3O. The number of halogens is 2. The highest BCUT2D eigenvalue weighted by Crippen LogP contribution is 2.23. The monoisotopic (exact) mass is 265 g/mol. The third kappa shape index (κ3) is 3.45. The van der Waals surface area contributed by atoms with Gasteiger partial charge in [-0.3, -0.25) is 4.98 Å². The number of hydrogen-bond acceptors (Lipinski definition) is 4. The van der Waals surface area contributed by atoms with Crippen molar-refractivity contribution in [2.75, 3.05) is 6.54 Å². The van der Waals surface area contributed by atoms with Gasteiger partial charge in [-0.1, -0.05) is 13.0 Å². The Kier molecular flexibility index (Phi) is 4.35. The summed E-state index contributed by atoms with van der Waals surface area (Å²) in [6.45, 7) is 3.41. The SMILES string of the molecule is CCNCc1cnc(Oc2cccc(F)c2F)cn1. The van der Waals surface area contributed by atoms with Crippen LogP contribution in [0.15, 0.2) is 30.6 Å². The Morgan fingerprint density at radius 3 is 2.74 bits per heavy atom. The van der Waals surface area contributed by atoms with Gasteiger partial charge >= 0.3 is 0 Å². The zero-order valence-electron chi connectivity index (χ0n) is 10.4. The quantitative estimate of drug-likeness (QED) is 0.902. The van der Waals surface area contributed by atoms with Crippen LogP contribution < -0.4 is 10.1 Å². The molecule has 2 rings (SSSR count). The Morgan fingerprint density at radius 2 is 2.05 bits per heavy atom. The molecule has 19 heavy (non-hydrogen) atoms. The molecule has 0 radical (unpaired) electrons. The molecule has 4 nitrogen and oxygen atoms in total. The second-order valence-corrected chi connectivity index (χ2v) is 3.78. The maximum absolute atomic E-state index is 13.4. The van der Waals surface area contributed by atoms with Crippen molar-refractivity contribution in [2.45, 2.75) is 13.5 Å². The van der Waals surface area contributed by atoms with E-state index in [0.29, 0.717) is 6.54 Å². The summed E-state index contributed by atoms with van der Waals surface area (Å²) in [4.78, 5) is 8.08. The van der Waals surface area contributed by atoms with Crippen molar-refractivity contribution in [3.8, 4) is 11.6 Å². The molecule has 2 aromatic rings. The van der Waals surface area contributed by atoms with E-state index in [-0.39, 0.29) is 11.6 Å². The lowest BCUT2D eigenvalue weighted by Gasteiger charge is -2.06. The summed E-state index contributed by atoms with van der Waals surface area (Å²) in [5.74, 6) is -2.10. The van der Waals surface area contributed by atoms with Gasteiger partial charge in [-0.05, 0) is 18.7 Å². The molecule has 0 unspecified atom stereocenters. The largest absolute Gasteiger partial charge is 0.434 e. The van der Waals surface area contributed by atoms with Gasteiger partial charge < -0.3 is 10.1 Å². The Morgan fingerprint density at radius 1 is 1.21 bits per heavy atom. The Hall–Kier alpha value is -2.08. The van der Waals surface area contributed by atoms with Crippen LogP contribution in [0.1, 0.15) is 12.6 Å². The highest BCUT2D eigenvalue weighted by molar-refractivity contribution is 5.28. The van der Waals surface area contributed by atoms with Crippen LogP contribution in [-0.4, -0.2) is 16.5 Å². The average molecular weight is 265 g/mol. The molecule has 0 aliphatic heterocycles. The smallest absolute Gasteiger partial charge is 0.237 e. The molecule has 0 saturated heterocycles. The van der Waals surface area contributed by atoms with Crippen molar-refractivity contribution in [3.63, 3.8) is 0 Å². The van der Waals surface area contributed by atoms with Gasteiger partial charge in [0.05, 0.1) is 18.1 Å². The lowest BCUT2D eigenvalue weighted by Crippen LogP contribution is -2.13. The number of rotatable bonds is 5. The number of benzene rings is 1. The normalized spacial score (nSPS) is 10.5. The van der Waals surface area contributed by atoms with Crippen LogP contribution in [0.2, 0.25) is 0 Å². The zero-order valence-corrected chi connectivity index (χ0v) is 10.4. The third-order valence-corrected chi connectivity index (χ3v) is 2.37. The van der Waals surface area contributed by atoms with Crippen LogP contribution in [0.3, 0.4) is 0 Å². The van der Waals surface area contributed by atoms with Gasteiger partial charge in [0.2, 0.25) is 11.7 Å². The first kappa shape index (κ1) is 13.4. The van der Waals surface area contributed by atoms with E-state index in [1.54, 1.807) is 0 Å². The molecule has 0 spiro atoms. The fraction of sp³-hybridized carbons (Fsp3) is 0.231. The van der Waals surface area contributed by atoms with Gasteiger partial charge in [0.15, 0.2) is 11.6 Å². The van der Waals surface area contributed by atoms with Crippen molar-refractivity contribution in [1.29, 1.82) is 0 Å². The van der Waals surface area contributed by atoms with Crippen LogP contribution in [-0.2, 0) is 6.54 Å². The predicted molar refractivity (Wildman–Crippen MR) is 65.8 cm³/mol. The van der Waals surface area contributed by atoms with Crippen molar-refractivity contribution in [1.82, 2.24) is 15.3 Å². The van der Waals surface area contributed by atoms with Crippen molar-refractivity contribution < 1.29 is 13.5 Å². The molecule has 0 fully saturated rings. The number of nitrogens with zero attached hydrogens (tertiary/aromatic N) is 2. The summed E-state index contributed by atoms with van der Waals surface area (Å²) < 4.78 is 31.5. The molecule has 1 N–H and O–H groups in total. The zero-order chi connectivity index (χ0) is 13.7. The molecule has 1 heterocycles. The molecule has 0 aliphatic rings. The van der Waals surface area contributed by atoms with Crippen molar-refractivity contribution in [2.24, 2.45) is 0 Å². The van der Waals surface area contributed by atoms with Crippen molar-refractivity contribution in [3.05, 3.63) is 47.9 Å². The second kappa shape index (κ2) is 6.19. The van der Waals surface area contributed by atoms with Gasteiger partial charge in [0, 0.05) is 6.54 Å². The minimum atomic E-state index is -1.04. The summed E-state index contributed by atoms with van der Waals surface area (Å²) in [5, 5.41) is 3.10. The Balaban J connectivity index is 2.09. The molecule has 0 aliphatic carbocycles. The molecule has 100 valence electrons. The summed E-state index contributed by atoms with van der Waals surface area (Å²) in [6.07, 6.45) is 2.90. The highest BCUT2D eigenvalue weighted by Gasteiger charge is 2.10. The first-order valence-corrected chi connectivity index (χ1v) is 5.84. The van der Waals surface area contributed by atoms with E-state index in [2.05, 4.69) is 15.3 Å². The first-order valence-electron chi connectivity index (χ1n) is 5.84. The molecular weight excluding hydrogens is 252 g/mol. The Labute approximate surface area is 109 Å². The predicted octanol–water partition coefficient (Wildman–Crippen LogP) is 2.66. The third-order valence-electron chi connectivity index (χ3n) is 2.37. The molecule has 1 aromatic carbocycles. The standard InChI is InChI=1S/C13H13F2N3O/c1-2-16-6-9-7-18-12(8-17-9)19-11-5-3-4-10(14)13(11)15/h3-5,7-8,16H,2,6H2,1H3. The summed E-state index contributed by atoms with van der Waals surface area (Å²) in [7, 11) is 0. The fourth-order valence-electron chi connectivity index (χ4n) is 1.42. The second-order valence-electron chi connectivity index (χ2n) is 3.78. The van der Waals surface area contributed by atoms with E-state index in [1.165, 1.54) is 24.5 Å². The van der Waals surface area contributed by atoms with Gasteiger partial charge in [0.25, 0.3) is 0 Å². The van der Waals surface area contributed by atoms with Gasteiger partial charge in [-0.2, -0.15) is 4.39 Å². The van der Waals surface area contributed by atoms with E-state index in [0.717, 1.165) is 18.3 Å². The van der Waals surface area contributed by atoms with Crippen molar-refractivity contribution >= 4 is 0 Å². The maximum Gasteiger partial charge on any atom is 0.237 e. The topological polar surface area (TPSA) is 47.0 Å². The van der Waals surface area contributed by atoms with Gasteiger partial charge in [-0.25, -0.2) is 9.37 Å². The van der Waals surface area contributed by atoms with Gasteiger partial charge in [0.1, 0.15) is 0 Å². The van der Waals surface area contributed by atoms with Crippen LogP contribution in [0.4, 0.5) is 8.78 Å². The molecule has 0 saturated carbocycles. The summed E-state index contributed by atoms with van der Waals surface area (Å²) in [5.41, 5.74) is 0.744. The number of nitrogens with one attached hydrogen (secondary N) is 1. The lowest BCUT2D eigenvalue weighted by atomic mass is 10.3. The number of ether oxygens (including phenoxy) is 1. The minimum absolute atomic E-state index is 0.116. The first-order chi connectivity index (χ1) is 9.20. The molecule has 0 bridgehead atoms. The van der Waals surface area contributed by atoms with E-state index in [9.17, 15) is 8.78 Å². The Bertz CT molecular complexity index is 546. The van der Waals surface area contributed by atoms with Crippen LogP contribution in [0.5, 0.6) is 11.6 Å². The van der Waals surface area contributed by atoms with E-state index in [4.69, 9.17) is 4.74 Å². The maximum atomic E-state index is 13.4. The molecule has 1 aromatic heterocycles. The molecule has 0 atom stereocenters. The van der Waals surface area contributed by atoms with E-state index >= 15 is 0 Å². The average Bonchev–Trinajstić information content (AvgIpc) is 2.43. The van der Waals surface area contributed by atoms with Crippen LogP contribution >= 0.6 is 0 Å². The summed E-state index contributed by atoms with van der Waals surface area (Å²) >= 11 is 0. The lowest BCUT2D eigenvalue weighted by molar-refractivity contribution is 0.403. The van der Waals surface area contributed by atoms with Crippen LogP contribution in [0, 0.1) is 11.6 Å². The number of aromatic nitrogens is 2. The van der Waals surface area contributed by atoms with Crippen LogP contribution in [0.25, 0.3) is 0 Å². The van der Waals surface area contributed by atoms with E-state index in [1.807, 2.05) is 6.92 Å². The summed E-state index contributed by atoms with van der Waals surface area (Å²) in [6, 6.07) is 3.71.